The maximum Gasteiger partial charge on any atom is 0.321 e. The van der Waals surface area contributed by atoms with Crippen molar-refractivity contribution in [3.8, 4) is 6.26 Å². The average molecular weight is 189 g/mol. The van der Waals surface area contributed by atoms with E-state index in [2.05, 4.69) is 4.18 Å². The number of hydrogen-bond donors (Lipinski definition) is 0. The van der Waals surface area contributed by atoms with Gasteiger partial charge in [-0.25, -0.2) is 0 Å². The molecule has 0 heterocycles. The van der Waals surface area contributed by atoms with Gasteiger partial charge in [0.25, 0.3) is 0 Å². The van der Waals surface area contributed by atoms with E-state index in [0.29, 0.717) is 12.8 Å². The number of rotatable bonds is 2. The van der Waals surface area contributed by atoms with Crippen LogP contribution in [0, 0.1) is 11.5 Å². The molecule has 0 aromatic carbocycles. The van der Waals surface area contributed by atoms with Crippen LogP contribution in [0.5, 0.6) is 0 Å². The van der Waals surface area contributed by atoms with Crippen molar-refractivity contribution in [2.24, 2.45) is 0 Å². The van der Waals surface area contributed by atoms with Crippen LogP contribution in [0.2, 0.25) is 0 Å². The van der Waals surface area contributed by atoms with Gasteiger partial charge in [0.1, 0.15) is 0 Å². The molecule has 4 nitrogen and oxygen atoms in total. The second kappa shape index (κ2) is 3.76. The van der Waals surface area contributed by atoms with Crippen molar-refractivity contribution in [2.75, 3.05) is 0 Å². The molecule has 1 rings (SSSR count). The monoisotopic (exact) mass is 189 g/mol. The summed E-state index contributed by atoms with van der Waals surface area (Å²) in [5.74, 6) is 0. The molecule has 0 radical (unpaired) electrons. The molecule has 0 aromatic heterocycles. The Bertz CT molecular complexity index is 272. The van der Waals surface area contributed by atoms with Crippen LogP contribution in [0.15, 0.2) is 0 Å². The Hall–Kier alpha value is -0.760. The highest BCUT2D eigenvalue weighted by molar-refractivity contribution is 7.87. The van der Waals surface area contributed by atoms with Crippen LogP contribution < -0.4 is 0 Å². The van der Waals surface area contributed by atoms with Crippen molar-refractivity contribution in [2.45, 2.75) is 37.4 Å². The van der Waals surface area contributed by atoms with Crippen molar-refractivity contribution in [3.63, 3.8) is 0 Å². The third-order valence-corrected chi connectivity index (χ3v) is 3.71. The SMILES string of the molecule is N#COS(=O)(=O)C1CCCCC1. The Kier molecular flexibility index (Phi) is 2.93. The third-order valence-electron chi connectivity index (χ3n) is 2.11. The molecule has 0 bridgehead atoms. The fourth-order valence-electron chi connectivity index (χ4n) is 1.47. The molecule has 5 heteroatoms. The molecular formula is C7H11NO3S. The van der Waals surface area contributed by atoms with E-state index < -0.39 is 15.4 Å². The largest absolute Gasteiger partial charge is 0.321 e. The van der Waals surface area contributed by atoms with Crippen molar-refractivity contribution < 1.29 is 12.6 Å². The number of hydrogen-bond acceptors (Lipinski definition) is 4. The van der Waals surface area contributed by atoms with E-state index in [4.69, 9.17) is 5.26 Å². The Morgan fingerprint density at radius 3 is 2.33 bits per heavy atom. The van der Waals surface area contributed by atoms with Crippen LogP contribution in [0.1, 0.15) is 32.1 Å². The first-order valence-corrected chi connectivity index (χ1v) is 5.45. The topological polar surface area (TPSA) is 67.2 Å². The van der Waals surface area contributed by atoms with Crippen molar-refractivity contribution in [1.29, 1.82) is 5.26 Å². The third kappa shape index (κ3) is 2.11. The molecule has 0 N–H and O–H groups in total. The van der Waals surface area contributed by atoms with Crippen molar-refractivity contribution >= 4 is 10.1 Å². The molecule has 68 valence electrons. The fraction of sp³-hybridized carbons (Fsp3) is 0.857. The highest BCUT2D eigenvalue weighted by atomic mass is 32.2. The molecule has 0 amide bonds. The Morgan fingerprint density at radius 1 is 1.25 bits per heavy atom. The zero-order chi connectivity index (χ0) is 9.03. The summed E-state index contributed by atoms with van der Waals surface area (Å²) in [7, 11) is -3.59. The molecular weight excluding hydrogens is 178 g/mol. The minimum absolute atomic E-state index is 0.453. The first-order chi connectivity index (χ1) is 5.67. The van der Waals surface area contributed by atoms with Crippen molar-refractivity contribution in [3.05, 3.63) is 0 Å². The summed E-state index contributed by atoms with van der Waals surface area (Å²) < 4.78 is 26.3. The van der Waals surface area contributed by atoms with Crippen LogP contribution in [0.4, 0.5) is 0 Å². The first kappa shape index (κ1) is 9.33. The summed E-state index contributed by atoms with van der Waals surface area (Å²) in [6.07, 6.45) is 5.39. The lowest BCUT2D eigenvalue weighted by Gasteiger charge is -2.18. The van der Waals surface area contributed by atoms with Gasteiger partial charge in [0.05, 0.1) is 5.25 Å². The summed E-state index contributed by atoms with van der Waals surface area (Å²) in [4.78, 5) is 0. The second-order valence-corrected chi connectivity index (χ2v) is 4.75. The predicted molar refractivity (Wildman–Crippen MR) is 42.5 cm³/mol. The summed E-state index contributed by atoms with van der Waals surface area (Å²) >= 11 is 0. The van der Waals surface area contributed by atoms with Crippen LogP contribution >= 0.6 is 0 Å². The van der Waals surface area contributed by atoms with Crippen LogP contribution in [0.3, 0.4) is 0 Å². The van der Waals surface area contributed by atoms with Gasteiger partial charge in [-0.3, -0.25) is 0 Å². The van der Waals surface area contributed by atoms with E-state index in [9.17, 15) is 8.42 Å². The molecule has 1 aliphatic rings. The molecule has 0 atom stereocenters. The first-order valence-electron chi connectivity index (χ1n) is 3.98. The maximum atomic E-state index is 11.1. The van der Waals surface area contributed by atoms with E-state index in [-0.39, 0.29) is 0 Å². The average Bonchev–Trinajstić information content (AvgIpc) is 2.06. The number of nitrogens with zero attached hydrogens (tertiary/aromatic N) is 1. The van der Waals surface area contributed by atoms with Gasteiger partial charge in [-0.2, -0.15) is 8.42 Å². The van der Waals surface area contributed by atoms with Gasteiger partial charge in [0.2, 0.25) is 0 Å². The summed E-state index contributed by atoms with van der Waals surface area (Å²) in [5, 5.41) is 7.63. The lowest BCUT2D eigenvalue weighted by atomic mass is 10.0. The summed E-state index contributed by atoms with van der Waals surface area (Å²) in [5.41, 5.74) is 0. The minimum Gasteiger partial charge on any atom is -0.302 e. The Morgan fingerprint density at radius 2 is 1.83 bits per heavy atom. The van der Waals surface area contributed by atoms with Crippen LogP contribution in [-0.2, 0) is 14.3 Å². The molecule has 12 heavy (non-hydrogen) atoms. The summed E-state index contributed by atoms with van der Waals surface area (Å²) in [6.45, 7) is 0. The van der Waals surface area contributed by atoms with Crippen molar-refractivity contribution in [1.82, 2.24) is 0 Å². The standard InChI is InChI=1S/C7H11NO3S/c8-6-11-12(9,10)7-4-2-1-3-5-7/h7H,1-5H2. The van der Waals surface area contributed by atoms with E-state index >= 15 is 0 Å². The fourth-order valence-corrected chi connectivity index (χ4v) is 2.62. The van der Waals surface area contributed by atoms with Gasteiger partial charge in [-0.1, -0.05) is 19.3 Å². The van der Waals surface area contributed by atoms with E-state index in [1.807, 2.05) is 0 Å². The molecule has 0 saturated heterocycles. The van der Waals surface area contributed by atoms with E-state index in [1.165, 1.54) is 6.26 Å². The summed E-state index contributed by atoms with van der Waals surface area (Å²) in [6, 6.07) is 0. The molecule has 0 aromatic rings. The van der Waals surface area contributed by atoms with Gasteiger partial charge in [-0.05, 0) is 12.8 Å². The van der Waals surface area contributed by atoms with Crippen LogP contribution in [-0.4, -0.2) is 13.7 Å². The lowest BCUT2D eigenvalue weighted by Crippen LogP contribution is -2.24. The normalized spacial score (nSPS) is 19.9. The molecule has 1 aliphatic carbocycles. The van der Waals surface area contributed by atoms with Gasteiger partial charge >= 0.3 is 16.4 Å². The molecule has 0 unspecified atom stereocenters. The molecule has 0 aliphatic heterocycles. The zero-order valence-electron chi connectivity index (χ0n) is 6.69. The van der Waals surface area contributed by atoms with Gasteiger partial charge in [0.15, 0.2) is 0 Å². The maximum absolute atomic E-state index is 11.1. The number of nitriles is 1. The minimum atomic E-state index is -3.59. The molecule has 0 spiro atoms. The van der Waals surface area contributed by atoms with Gasteiger partial charge < -0.3 is 4.18 Å². The zero-order valence-corrected chi connectivity index (χ0v) is 7.51. The highest BCUT2D eigenvalue weighted by Crippen LogP contribution is 2.24. The van der Waals surface area contributed by atoms with Gasteiger partial charge in [-0.15, -0.1) is 5.26 Å². The van der Waals surface area contributed by atoms with E-state index in [0.717, 1.165) is 19.3 Å². The highest BCUT2D eigenvalue weighted by Gasteiger charge is 2.28. The molecule has 1 saturated carbocycles. The van der Waals surface area contributed by atoms with Crippen LogP contribution in [0.25, 0.3) is 0 Å². The Balaban J connectivity index is 2.62. The quantitative estimate of drug-likeness (QED) is 0.482. The lowest BCUT2D eigenvalue weighted by molar-refractivity contribution is 0.412. The smallest absolute Gasteiger partial charge is 0.302 e. The predicted octanol–water partition coefficient (Wildman–Crippen LogP) is 1.15. The van der Waals surface area contributed by atoms with E-state index in [1.54, 1.807) is 0 Å². The molecule has 1 fully saturated rings. The van der Waals surface area contributed by atoms with Gasteiger partial charge in [0, 0.05) is 0 Å². The second-order valence-electron chi connectivity index (χ2n) is 2.93. The Labute approximate surface area is 72.3 Å².